The molecule has 0 spiro atoms. The summed E-state index contributed by atoms with van der Waals surface area (Å²) in [5.74, 6) is 0.0403. The summed E-state index contributed by atoms with van der Waals surface area (Å²) in [6.07, 6.45) is 2.27. The minimum absolute atomic E-state index is 0.397. The highest BCUT2D eigenvalue weighted by Gasteiger charge is 2.18. The van der Waals surface area contributed by atoms with Gasteiger partial charge in [-0.05, 0) is 36.8 Å². The Labute approximate surface area is 105 Å². The Balaban J connectivity index is 2.48. The molecule has 0 aliphatic rings. The van der Waals surface area contributed by atoms with Crippen LogP contribution >= 0.6 is 0 Å². The van der Waals surface area contributed by atoms with Crippen LogP contribution in [-0.2, 0) is 0 Å². The monoisotopic (exact) mass is 247 g/mol. The van der Waals surface area contributed by atoms with E-state index in [9.17, 15) is 9.50 Å². The maximum Gasteiger partial charge on any atom is 0.125 e. The molecule has 0 radical (unpaired) electrons. The molecular weight excluding hydrogens is 233 g/mol. The number of rotatable bonds is 3. The molecule has 1 N–H and O–H groups in total. The van der Waals surface area contributed by atoms with Crippen molar-refractivity contribution >= 4 is 0 Å². The van der Waals surface area contributed by atoms with E-state index in [0.29, 0.717) is 16.9 Å². The van der Waals surface area contributed by atoms with Gasteiger partial charge in [-0.2, -0.15) is 0 Å². The molecule has 4 heteroatoms. The Morgan fingerprint density at radius 1 is 1.28 bits per heavy atom. The highest BCUT2D eigenvalue weighted by atomic mass is 19.1. The van der Waals surface area contributed by atoms with Crippen molar-refractivity contribution in [1.82, 2.24) is 4.98 Å². The summed E-state index contributed by atoms with van der Waals surface area (Å²) in [6, 6.07) is 5.87. The molecule has 2 rings (SSSR count). The lowest BCUT2D eigenvalue weighted by molar-refractivity contribution is 0.213. The number of hydrogen-bond donors (Lipinski definition) is 1. The summed E-state index contributed by atoms with van der Waals surface area (Å²) in [5, 5.41) is 10.3. The summed E-state index contributed by atoms with van der Waals surface area (Å²) in [4.78, 5) is 3.98. The molecule has 0 aliphatic carbocycles. The van der Waals surface area contributed by atoms with E-state index in [1.807, 2.05) is 6.92 Å². The fourth-order valence-corrected chi connectivity index (χ4v) is 1.85. The van der Waals surface area contributed by atoms with Crippen LogP contribution in [0.1, 0.15) is 22.8 Å². The van der Waals surface area contributed by atoms with E-state index < -0.39 is 11.9 Å². The van der Waals surface area contributed by atoms with Crippen LogP contribution in [0.2, 0.25) is 0 Å². The number of hydrogen-bond acceptors (Lipinski definition) is 3. The summed E-state index contributed by atoms with van der Waals surface area (Å²) >= 11 is 0. The zero-order valence-corrected chi connectivity index (χ0v) is 10.2. The Bertz CT molecular complexity index is 557. The molecule has 1 heterocycles. The Hall–Kier alpha value is -1.94. The van der Waals surface area contributed by atoms with Crippen LogP contribution < -0.4 is 4.74 Å². The topological polar surface area (TPSA) is 42.4 Å². The maximum atomic E-state index is 13.3. The number of pyridine rings is 1. The minimum atomic E-state index is -0.954. The summed E-state index contributed by atoms with van der Waals surface area (Å²) < 4.78 is 18.4. The molecular formula is C14H14FNO2. The van der Waals surface area contributed by atoms with Crippen LogP contribution in [0.5, 0.6) is 5.75 Å². The number of aromatic nitrogens is 1. The van der Waals surface area contributed by atoms with E-state index in [2.05, 4.69) is 4.98 Å². The molecule has 0 saturated carbocycles. The maximum absolute atomic E-state index is 13.3. The van der Waals surface area contributed by atoms with E-state index in [1.165, 1.54) is 25.3 Å². The molecule has 0 amide bonds. The van der Waals surface area contributed by atoms with E-state index in [1.54, 1.807) is 18.5 Å². The van der Waals surface area contributed by atoms with Gasteiger partial charge in [0.2, 0.25) is 0 Å². The molecule has 3 nitrogen and oxygen atoms in total. The number of methoxy groups -OCH3 is 1. The van der Waals surface area contributed by atoms with Gasteiger partial charge in [-0.25, -0.2) is 4.39 Å². The summed E-state index contributed by atoms with van der Waals surface area (Å²) in [7, 11) is 1.49. The second kappa shape index (κ2) is 5.14. The molecule has 0 aliphatic heterocycles. The Morgan fingerprint density at radius 3 is 2.72 bits per heavy atom. The zero-order valence-electron chi connectivity index (χ0n) is 10.2. The molecule has 1 atom stereocenters. The molecule has 18 heavy (non-hydrogen) atoms. The van der Waals surface area contributed by atoms with Crippen LogP contribution in [0.3, 0.4) is 0 Å². The number of aliphatic hydroxyl groups excluding tert-OH is 1. The molecule has 1 aromatic carbocycles. The fraction of sp³-hybridized carbons (Fsp3) is 0.214. The van der Waals surface area contributed by atoms with Crippen molar-refractivity contribution < 1.29 is 14.2 Å². The van der Waals surface area contributed by atoms with Crippen LogP contribution in [-0.4, -0.2) is 17.2 Å². The fourth-order valence-electron chi connectivity index (χ4n) is 1.85. The van der Waals surface area contributed by atoms with Gasteiger partial charge in [0.1, 0.15) is 17.7 Å². The van der Waals surface area contributed by atoms with E-state index in [4.69, 9.17) is 4.74 Å². The highest BCUT2D eigenvalue weighted by Crippen LogP contribution is 2.31. The van der Waals surface area contributed by atoms with E-state index in [0.717, 1.165) is 5.56 Å². The standard InChI is InChI=1S/C14H14FNO2/c1-9-5-6-16-8-12(9)14(17)11-7-10(15)3-4-13(11)18-2/h3-8,14,17H,1-2H3. The van der Waals surface area contributed by atoms with Gasteiger partial charge in [-0.15, -0.1) is 0 Å². The van der Waals surface area contributed by atoms with Crippen molar-refractivity contribution in [2.45, 2.75) is 13.0 Å². The lowest BCUT2D eigenvalue weighted by atomic mass is 9.98. The SMILES string of the molecule is COc1ccc(F)cc1C(O)c1cnccc1C. The predicted octanol–water partition coefficient (Wildman–Crippen LogP) is 2.62. The van der Waals surface area contributed by atoms with Crippen molar-refractivity contribution in [3.8, 4) is 5.75 Å². The zero-order chi connectivity index (χ0) is 13.1. The Morgan fingerprint density at radius 2 is 2.06 bits per heavy atom. The third-order valence-electron chi connectivity index (χ3n) is 2.86. The first-order valence-electron chi connectivity index (χ1n) is 5.55. The third-order valence-corrected chi connectivity index (χ3v) is 2.86. The first kappa shape index (κ1) is 12.5. The van der Waals surface area contributed by atoms with Crippen molar-refractivity contribution in [1.29, 1.82) is 0 Å². The first-order valence-corrected chi connectivity index (χ1v) is 5.55. The predicted molar refractivity (Wildman–Crippen MR) is 66.0 cm³/mol. The average molecular weight is 247 g/mol. The van der Waals surface area contributed by atoms with Gasteiger partial charge in [0.25, 0.3) is 0 Å². The first-order chi connectivity index (χ1) is 8.63. The summed E-state index contributed by atoms with van der Waals surface area (Å²) in [6.45, 7) is 1.87. The second-order valence-corrected chi connectivity index (χ2v) is 4.02. The van der Waals surface area contributed by atoms with Crippen LogP contribution in [0.4, 0.5) is 4.39 Å². The van der Waals surface area contributed by atoms with Gasteiger partial charge in [0.15, 0.2) is 0 Å². The average Bonchev–Trinajstić information content (AvgIpc) is 2.38. The van der Waals surface area contributed by atoms with Gasteiger partial charge < -0.3 is 9.84 Å². The van der Waals surface area contributed by atoms with Gasteiger partial charge >= 0.3 is 0 Å². The number of aliphatic hydroxyl groups is 1. The minimum Gasteiger partial charge on any atom is -0.496 e. The van der Waals surface area contributed by atoms with Crippen molar-refractivity contribution in [2.24, 2.45) is 0 Å². The van der Waals surface area contributed by atoms with Gasteiger partial charge in [0, 0.05) is 23.5 Å². The lowest BCUT2D eigenvalue weighted by Crippen LogP contribution is -2.05. The van der Waals surface area contributed by atoms with E-state index >= 15 is 0 Å². The lowest BCUT2D eigenvalue weighted by Gasteiger charge is -2.16. The number of halogens is 1. The number of nitrogens with zero attached hydrogens (tertiary/aromatic N) is 1. The second-order valence-electron chi connectivity index (χ2n) is 4.02. The van der Waals surface area contributed by atoms with Crippen LogP contribution in [0.15, 0.2) is 36.7 Å². The molecule has 2 aromatic rings. The number of ether oxygens (including phenoxy) is 1. The molecule has 0 bridgehead atoms. The smallest absolute Gasteiger partial charge is 0.125 e. The molecule has 0 saturated heterocycles. The van der Waals surface area contributed by atoms with Gasteiger partial charge in [0.05, 0.1) is 7.11 Å². The van der Waals surface area contributed by atoms with Crippen LogP contribution in [0.25, 0.3) is 0 Å². The van der Waals surface area contributed by atoms with Crippen molar-refractivity contribution in [2.75, 3.05) is 7.11 Å². The molecule has 94 valence electrons. The van der Waals surface area contributed by atoms with Crippen molar-refractivity contribution in [3.63, 3.8) is 0 Å². The van der Waals surface area contributed by atoms with Crippen molar-refractivity contribution in [3.05, 3.63) is 59.2 Å². The number of aryl methyl sites for hydroxylation is 1. The van der Waals surface area contributed by atoms with E-state index in [-0.39, 0.29) is 0 Å². The Kier molecular flexibility index (Phi) is 3.58. The highest BCUT2D eigenvalue weighted by molar-refractivity contribution is 5.41. The largest absolute Gasteiger partial charge is 0.496 e. The molecule has 1 unspecified atom stereocenters. The third kappa shape index (κ3) is 2.33. The van der Waals surface area contributed by atoms with Gasteiger partial charge in [-0.3, -0.25) is 4.98 Å². The quantitative estimate of drug-likeness (QED) is 0.906. The van der Waals surface area contributed by atoms with Crippen LogP contribution in [0, 0.1) is 12.7 Å². The summed E-state index contributed by atoms with van der Waals surface area (Å²) in [5.41, 5.74) is 1.93. The molecule has 1 aromatic heterocycles. The normalized spacial score (nSPS) is 12.2. The molecule has 0 fully saturated rings. The van der Waals surface area contributed by atoms with Gasteiger partial charge in [-0.1, -0.05) is 0 Å². The number of benzene rings is 1.